The van der Waals surface area contributed by atoms with Crippen molar-refractivity contribution in [1.29, 1.82) is 5.26 Å². The monoisotopic (exact) mass is 247 g/mol. The fourth-order valence-corrected chi connectivity index (χ4v) is 1.49. The molecule has 0 atom stereocenters. The Labute approximate surface area is 107 Å². The van der Waals surface area contributed by atoms with Gasteiger partial charge in [-0.3, -0.25) is 0 Å². The number of carbonyl (C=O) groups excluding carboxylic acids is 1. The SMILES string of the molecule is CCN(CCC#N)C(=O)Nc1cccc(OC)c1. The van der Waals surface area contributed by atoms with Gasteiger partial charge in [-0.25, -0.2) is 4.79 Å². The first-order valence-corrected chi connectivity index (χ1v) is 5.78. The summed E-state index contributed by atoms with van der Waals surface area (Å²) in [5.41, 5.74) is 0.676. The number of urea groups is 1. The number of benzene rings is 1. The molecule has 1 aromatic carbocycles. The Balaban J connectivity index is 2.64. The highest BCUT2D eigenvalue weighted by Gasteiger charge is 2.11. The number of carbonyl (C=O) groups is 1. The van der Waals surface area contributed by atoms with E-state index in [0.29, 0.717) is 30.9 Å². The second kappa shape index (κ2) is 7.17. The molecule has 1 N–H and O–H groups in total. The summed E-state index contributed by atoms with van der Waals surface area (Å²) >= 11 is 0. The second-order valence-corrected chi connectivity index (χ2v) is 3.65. The summed E-state index contributed by atoms with van der Waals surface area (Å²) in [5.74, 6) is 0.688. The Hall–Kier alpha value is -2.22. The number of rotatable bonds is 5. The van der Waals surface area contributed by atoms with E-state index in [0.717, 1.165) is 0 Å². The standard InChI is InChI=1S/C13H17N3O2/c1-3-16(9-5-8-14)13(17)15-11-6-4-7-12(10-11)18-2/h4,6-7,10H,3,5,9H2,1-2H3,(H,15,17). The van der Waals surface area contributed by atoms with Crippen LogP contribution in [-0.2, 0) is 0 Å². The fraction of sp³-hybridized carbons (Fsp3) is 0.385. The van der Waals surface area contributed by atoms with E-state index in [2.05, 4.69) is 5.32 Å². The van der Waals surface area contributed by atoms with Crippen molar-refractivity contribution in [2.24, 2.45) is 0 Å². The fourth-order valence-electron chi connectivity index (χ4n) is 1.49. The number of nitriles is 1. The van der Waals surface area contributed by atoms with Crippen LogP contribution in [0.1, 0.15) is 13.3 Å². The van der Waals surface area contributed by atoms with Gasteiger partial charge in [0.1, 0.15) is 5.75 Å². The molecular formula is C13H17N3O2. The lowest BCUT2D eigenvalue weighted by atomic mass is 10.3. The summed E-state index contributed by atoms with van der Waals surface area (Å²) in [5, 5.41) is 11.3. The molecule has 5 nitrogen and oxygen atoms in total. The molecular weight excluding hydrogens is 230 g/mol. The van der Waals surface area contributed by atoms with Gasteiger partial charge < -0.3 is 15.0 Å². The zero-order valence-corrected chi connectivity index (χ0v) is 10.6. The molecule has 0 saturated carbocycles. The van der Waals surface area contributed by atoms with Crippen LogP contribution >= 0.6 is 0 Å². The molecule has 0 bridgehead atoms. The summed E-state index contributed by atoms with van der Waals surface area (Å²) in [4.78, 5) is 13.5. The molecule has 5 heteroatoms. The van der Waals surface area contributed by atoms with Crippen molar-refractivity contribution < 1.29 is 9.53 Å². The average molecular weight is 247 g/mol. The molecule has 0 fully saturated rings. The molecule has 2 amide bonds. The number of amides is 2. The number of nitrogens with zero attached hydrogens (tertiary/aromatic N) is 2. The lowest BCUT2D eigenvalue weighted by Gasteiger charge is -2.20. The lowest BCUT2D eigenvalue weighted by molar-refractivity contribution is 0.215. The molecule has 1 rings (SSSR count). The largest absolute Gasteiger partial charge is 0.497 e. The predicted molar refractivity (Wildman–Crippen MR) is 69.5 cm³/mol. The molecule has 1 aromatic rings. The molecule has 0 spiro atoms. The van der Waals surface area contributed by atoms with Crippen molar-refractivity contribution in [3.8, 4) is 11.8 Å². The van der Waals surface area contributed by atoms with Crippen molar-refractivity contribution in [2.75, 3.05) is 25.5 Å². The number of anilines is 1. The van der Waals surface area contributed by atoms with Crippen molar-refractivity contribution in [3.63, 3.8) is 0 Å². The molecule has 0 heterocycles. The highest BCUT2D eigenvalue weighted by molar-refractivity contribution is 5.89. The molecule has 0 saturated heterocycles. The highest BCUT2D eigenvalue weighted by Crippen LogP contribution is 2.17. The maximum Gasteiger partial charge on any atom is 0.321 e. The Morgan fingerprint density at radius 2 is 2.33 bits per heavy atom. The zero-order chi connectivity index (χ0) is 13.4. The third-order valence-electron chi connectivity index (χ3n) is 2.48. The van der Waals surface area contributed by atoms with E-state index in [1.54, 1.807) is 30.2 Å². The van der Waals surface area contributed by atoms with Gasteiger partial charge in [-0.05, 0) is 19.1 Å². The van der Waals surface area contributed by atoms with Gasteiger partial charge in [0, 0.05) is 24.8 Å². The maximum atomic E-state index is 11.9. The first-order valence-electron chi connectivity index (χ1n) is 5.78. The number of ether oxygens (including phenoxy) is 1. The molecule has 0 aliphatic rings. The van der Waals surface area contributed by atoms with Crippen LogP contribution < -0.4 is 10.1 Å². The maximum absolute atomic E-state index is 11.9. The molecule has 0 aliphatic heterocycles. The van der Waals surface area contributed by atoms with Gasteiger partial charge >= 0.3 is 6.03 Å². The van der Waals surface area contributed by atoms with Gasteiger partial charge in [0.05, 0.1) is 19.6 Å². The van der Waals surface area contributed by atoms with E-state index in [4.69, 9.17) is 10.00 Å². The van der Waals surface area contributed by atoms with Crippen LogP contribution in [0.25, 0.3) is 0 Å². The normalized spacial score (nSPS) is 9.39. The Kier molecular flexibility index (Phi) is 5.52. The third kappa shape index (κ3) is 3.98. The van der Waals surface area contributed by atoms with Crippen molar-refractivity contribution in [3.05, 3.63) is 24.3 Å². The summed E-state index contributed by atoms with van der Waals surface area (Å²) in [6, 6.07) is 8.97. The van der Waals surface area contributed by atoms with Gasteiger partial charge in [-0.1, -0.05) is 6.07 Å². The quantitative estimate of drug-likeness (QED) is 0.869. The van der Waals surface area contributed by atoms with E-state index in [-0.39, 0.29) is 6.03 Å². The molecule has 96 valence electrons. The first kappa shape index (κ1) is 13.8. The zero-order valence-electron chi connectivity index (χ0n) is 10.6. The summed E-state index contributed by atoms with van der Waals surface area (Å²) in [7, 11) is 1.58. The second-order valence-electron chi connectivity index (χ2n) is 3.65. The van der Waals surface area contributed by atoms with Gasteiger partial charge in [-0.2, -0.15) is 5.26 Å². The van der Waals surface area contributed by atoms with Gasteiger partial charge in [0.25, 0.3) is 0 Å². The number of methoxy groups -OCH3 is 1. The summed E-state index contributed by atoms with van der Waals surface area (Å²) in [6.45, 7) is 2.88. The smallest absolute Gasteiger partial charge is 0.321 e. The van der Waals surface area contributed by atoms with Crippen molar-refractivity contribution in [1.82, 2.24) is 4.90 Å². The molecule has 18 heavy (non-hydrogen) atoms. The van der Waals surface area contributed by atoms with Crippen molar-refractivity contribution >= 4 is 11.7 Å². The minimum atomic E-state index is -0.207. The third-order valence-corrected chi connectivity index (χ3v) is 2.48. The Bertz CT molecular complexity index is 440. The topological polar surface area (TPSA) is 65.4 Å². The van der Waals surface area contributed by atoms with Crippen LogP contribution in [0.3, 0.4) is 0 Å². The number of hydrogen-bond acceptors (Lipinski definition) is 3. The Morgan fingerprint density at radius 3 is 2.94 bits per heavy atom. The van der Waals surface area contributed by atoms with E-state index < -0.39 is 0 Å². The van der Waals surface area contributed by atoms with Gasteiger partial charge in [-0.15, -0.1) is 0 Å². The Morgan fingerprint density at radius 1 is 1.56 bits per heavy atom. The summed E-state index contributed by atoms with van der Waals surface area (Å²) < 4.78 is 5.08. The predicted octanol–water partition coefficient (Wildman–Crippen LogP) is 2.46. The number of hydrogen-bond donors (Lipinski definition) is 1. The van der Waals surface area contributed by atoms with Gasteiger partial charge in [0.15, 0.2) is 0 Å². The molecule has 0 radical (unpaired) electrons. The first-order chi connectivity index (χ1) is 8.71. The molecule has 0 aromatic heterocycles. The van der Waals surface area contributed by atoms with E-state index in [9.17, 15) is 4.79 Å². The van der Waals surface area contributed by atoms with Crippen LogP contribution in [0.15, 0.2) is 24.3 Å². The van der Waals surface area contributed by atoms with Crippen LogP contribution in [0.5, 0.6) is 5.75 Å². The highest BCUT2D eigenvalue weighted by atomic mass is 16.5. The number of nitrogens with one attached hydrogen (secondary N) is 1. The minimum Gasteiger partial charge on any atom is -0.497 e. The molecule has 0 unspecified atom stereocenters. The van der Waals surface area contributed by atoms with Crippen LogP contribution in [0, 0.1) is 11.3 Å². The van der Waals surface area contributed by atoms with E-state index in [1.165, 1.54) is 0 Å². The van der Waals surface area contributed by atoms with Crippen molar-refractivity contribution in [2.45, 2.75) is 13.3 Å². The van der Waals surface area contributed by atoms with E-state index >= 15 is 0 Å². The van der Waals surface area contributed by atoms with Gasteiger partial charge in [0.2, 0.25) is 0 Å². The summed E-state index contributed by atoms with van der Waals surface area (Å²) in [6.07, 6.45) is 0.333. The average Bonchev–Trinajstić information content (AvgIpc) is 2.40. The minimum absolute atomic E-state index is 0.207. The van der Waals surface area contributed by atoms with Crippen LogP contribution in [0.4, 0.5) is 10.5 Å². The van der Waals surface area contributed by atoms with Crippen LogP contribution in [-0.4, -0.2) is 31.1 Å². The molecule has 0 aliphatic carbocycles. The van der Waals surface area contributed by atoms with Crippen LogP contribution in [0.2, 0.25) is 0 Å². The van der Waals surface area contributed by atoms with E-state index in [1.807, 2.05) is 19.1 Å². The lowest BCUT2D eigenvalue weighted by Crippen LogP contribution is -2.35.